The number of hydrogen-bond donors (Lipinski definition) is 2. The summed E-state index contributed by atoms with van der Waals surface area (Å²) >= 11 is 0. The van der Waals surface area contributed by atoms with Gasteiger partial charge in [0.25, 0.3) is 0 Å². The summed E-state index contributed by atoms with van der Waals surface area (Å²) in [5.74, 6) is -0.00259. The van der Waals surface area contributed by atoms with Gasteiger partial charge in [-0.25, -0.2) is 13.2 Å². The smallest absolute Gasteiger partial charge is 0.322 e. The fourth-order valence-electron chi connectivity index (χ4n) is 2.60. The minimum absolute atomic E-state index is 0.00659. The first-order chi connectivity index (χ1) is 8.48. The zero-order chi connectivity index (χ0) is 12.9. The maximum absolute atomic E-state index is 11.9. The summed E-state index contributed by atoms with van der Waals surface area (Å²) in [5, 5.41) is 2.70. The normalized spacial score (nSPS) is 29.1. The molecule has 0 bridgehead atoms. The highest BCUT2D eigenvalue weighted by atomic mass is 32.2. The molecule has 2 heterocycles. The molecular weight excluding hydrogens is 254 g/mol. The fraction of sp³-hybridized carbons (Fsp3) is 0.364. The van der Waals surface area contributed by atoms with Crippen molar-refractivity contribution >= 4 is 27.2 Å². The number of rotatable bonds is 1. The molecule has 2 atom stereocenters. The number of benzene rings is 1. The van der Waals surface area contributed by atoms with E-state index in [9.17, 15) is 13.2 Å². The largest absolute Gasteiger partial charge is 0.397 e. The second-order valence-electron chi connectivity index (χ2n) is 4.63. The number of urea groups is 1. The van der Waals surface area contributed by atoms with Crippen LogP contribution < -0.4 is 16.0 Å². The van der Waals surface area contributed by atoms with Gasteiger partial charge in [0.1, 0.15) is 0 Å². The minimum atomic E-state index is -3.08. The molecule has 0 aliphatic carbocycles. The maximum atomic E-state index is 11.9. The highest BCUT2D eigenvalue weighted by Crippen LogP contribution is 2.32. The van der Waals surface area contributed by atoms with Gasteiger partial charge in [-0.2, -0.15) is 0 Å². The second kappa shape index (κ2) is 3.61. The third-order valence-electron chi connectivity index (χ3n) is 3.38. The summed E-state index contributed by atoms with van der Waals surface area (Å²) in [6.07, 6.45) is 0. The SMILES string of the molecule is Nc1ccccc1N1C(=O)N[C@@H]2CS(=O)(=O)C[C@@H]21. The molecule has 0 saturated carbocycles. The van der Waals surface area contributed by atoms with Crippen molar-refractivity contribution in [3.63, 3.8) is 0 Å². The van der Waals surface area contributed by atoms with Crippen LogP contribution in [-0.2, 0) is 9.84 Å². The molecule has 2 aliphatic rings. The summed E-state index contributed by atoms with van der Waals surface area (Å²) in [7, 11) is -3.08. The number of amides is 2. The summed E-state index contributed by atoms with van der Waals surface area (Å²) in [4.78, 5) is 13.4. The van der Waals surface area contributed by atoms with E-state index in [4.69, 9.17) is 5.73 Å². The zero-order valence-corrected chi connectivity index (χ0v) is 10.4. The lowest BCUT2D eigenvalue weighted by molar-refractivity contribution is 0.251. The fourth-order valence-corrected chi connectivity index (χ4v) is 4.49. The van der Waals surface area contributed by atoms with Crippen molar-refractivity contribution in [2.24, 2.45) is 0 Å². The lowest BCUT2D eigenvalue weighted by Crippen LogP contribution is -2.37. The Bertz CT molecular complexity index is 614. The Kier molecular flexibility index (Phi) is 2.28. The van der Waals surface area contributed by atoms with Crippen LogP contribution in [0.3, 0.4) is 0 Å². The number of anilines is 2. The van der Waals surface area contributed by atoms with Crippen molar-refractivity contribution in [3.05, 3.63) is 24.3 Å². The van der Waals surface area contributed by atoms with Gasteiger partial charge in [0, 0.05) is 0 Å². The van der Waals surface area contributed by atoms with Crippen molar-refractivity contribution in [2.45, 2.75) is 12.1 Å². The third-order valence-corrected chi connectivity index (χ3v) is 5.09. The molecule has 2 aliphatic heterocycles. The van der Waals surface area contributed by atoms with Gasteiger partial charge in [0.2, 0.25) is 0 Å². The van der Waals surface area contributed by atoms with E-state index in [0.717, 1.165) is 0 Å². The third kappa shape index (κ3) is 1.62. The van der Waals surface area contributed by atoms with Gasteiger partial charge in [-0.3, -0.25) is 4.90 Å². The molecule has 2 fully saturated rings. The van der Waals surface area contributed by atoms with Crippen LogP contribution >= 0.6 is 0 Å². The Morgan fingerprint density at radius 1 is 1.28 bits per heavy atom. The number of hydrogen-bond acceptors (Lipinski definition) is 4. The van der Waals surface area contributed by atoms with Crippen LogP contribution in [0.1, 0.15) is 0 Å². The van der Waals surface area contributed by atoms with Crippen molar-refractivity contribution < 1.29 is 13.2 Å². The van der Waals surface area contributed by atoms with Crippen molar-refractivity contribution in [1.82, 2.24) is 5.32 Å². The molecule has 3 rings (SSSR count). The molecule has 96 valence electrons. The van der Waals surface area contributed by atoms with E-state index in [1.54, 1.807) is 24.3 Å². The summed E-state index contributed by atoms with van der Waals surface area (Å²) in [6.45, 7) is 0. The zero-order valence-electron chi connectivity index (χ0n) is 9.54. The molecule has 6 nitrogen and oxygen atoms in total. The van der Waals surface area contributed by atoms with Crippen LogP contribution in [0.15, 0.2) is 24.3 Å². The highest BCUT2D eigenvalue weighted by molar-refractivity contribution is 7.91. The van der Waals surface area contributed by atoms with E-state index >= 15 is 0 Å². The van der Waals surface area contributed by atoms with Crippen molar-refractivity contribution in [1.29, 1.82) is 0 Å². The Labute approximate surface area is 105 Å². The predicted molar refractivity (Wildman–Crippen MR) is 68.1 cm³/mol. The molecule has 0 unspecified atom stereocenters. The molecule has 2 amide bonds. The molecular formula is C11H13N3O3S. The molecule has 2 saturated heterocycles. The van der Waals surface area contributed by atoms with E-state index in [1.807, 2.05) is 0 Å². The number of sulfone groups is 1. The predicted octanol–water partition coefficient (Wildman–Crippen LogP) is -0.0360. The molecule has 3 N–H and O–H groups in total. The first-order valence-electron chi connectivity index (χ1n) is 5.62. The standard InChI is InChI=1S/C11H13N3O3S/c12-7-3-1-2-4-9(7)14-10-6-18(16,17)5-8(10)13-11(14)15/h1-4,8,10H,5-6,12H2,(H,13,15)/t8-,10+/m1/s1. The highest BCUT2D eigenvalue weighted by Gasteiger charge is 2.49. The second-order valence-corrected chi connectivity index (χ2v) is 6.78. The number of carbonyl (C=O) groups is 1. The molecule has 0 spiro atoms. The first-order valence-corrected chi connectivity index (χ1v) is 7.45. The number of nitrogens with one attached hydrogen (secondary N) is 1. The Balaban J connectivity index is 2.02. The van der Waals surface area contributed by atoms with Crippen molar-refractivity contribution in [3.8, 4) is 0 Å². The number of carbonyl (C=O) groups excluding carboxylic acids is 1. The van der Waals surface area contributed by atoms with Crippen LogP contribution in [0.5, 0.6) is 0 Å². The van der Waals surface area contributed by atoms with Gasteiger partial charge in [0.15, 0.2) is 9.84 Å². The molecule has 7 heteroatoms. The van der Waals surface area contributed by atoms with Gasteiger partial charge >= 0.3 is 6.03 Å². The van der Waals surface area contributed by atoms with Crippen LogP contribution in [0.25, 0.3) is 0 Å². The van der Waals surface area contributed by atoms with Gasteiger partial charge in [-0.15, -0.1) is 0 Å². The monoisotopic (exact) mass is 267 g/mol. The first kappa shape index (κ1) is 11.3. The number of para-hydroxylation sites is 2. The van der Waals surface area contributed by atoms with E-state index in [-0.39, 0.29) is 29.6 Å². The average Bonchev–Trinajstić information content (AvgIpc) is 2.70. The van der Waals surface area contributed by atoms with Crippen LogP contribution in [0, 0.1) is 0 Å². The minimum Gasteiger partial charge on any atom is -0.397 e. The topological polar surface area (TPSA) is 92.5 Å². The number of nitrogens with two attached hydrogens (primary N) is 1. The van der Waals surface area contributed by atoms with Crippen LogP contribution in [0.4, 0.5) is 16.2 Å². The van der Waals surface area contributed by atoms with Gasteiger partial charge in [0.05, 0.1) is 35.0 Å². The van der Waals surface area contributed by atoms with Gasteiger partial charge in [-0.05, 0) is 12.1 Å². The maximum Gasteiger partial charge on any atom is 0.322 e. The molecule has 1 aromatic rings. The number of nitrogens with zero attached hydrogens (tertiary/aromatic N) is 1. The van der Waals surface area contributed by atoms with E-state index in [2.05, 4.69) is 5.32 Å². The van der Waals surface area contributed by atoms with Crippen molar-refractivity contribution in [2.75, 3.05) is 22.1 Å². The average molecular weight is 267 g/mol. The van der Waals surface area contributed by atoms with Crippen LogP contribution in [-0.4, -0.2) is 38.0 Å². The Hall–Kier alpha value is -1.76. The van der Waals surface area contributed by atoms with E-state index in [0.29, 0.717) is 11.4 Å². The summed E-state index contributed by atoms with van der Waals surface area (Å²) in [5.41, 5.74) is 6.88. The van der Waals surface area contributed by atoms with Gasteiger partial charge < -0.3 is 11.1 Å². The summed E-state index contributed by atoms with van der Waals surface area (Å²) in [6, 6.07) is 6.00. The van der Waals surface area contributed by atoms with Crippen LogP contribution in [0.2, 0.25) is 0 Å². The van der Waals surface area contributed by atoms with Gasteiger partial charge in [-0.1, -0.05) is 12.1 Å². The number of nitrogen functional groups attached to an aromatic ring is 1. The quantitative estimate of drug-likeness (QED) is 0.552. The lowest BCUT2D eigenvalue weighted by atomic mass is 10.1. The molecule has 0 radical (unpaired) electrons. The molecule has 18 heavy (non-hydrogen) atoms. The lowest BCUT2D eigenvalue weighted by Gasteiger charge is -2.22. The Morgan fingerprint density at radius 2 is 2.00 bits per heavy atom. The van der Waals surface area contributed by atoms with E-state index < -0.39 is 9.84 Å². The molecule has 0 aromatic heterocycles. The van der Waals surface area contributed by atoms with E-state index in [1.165, 1.54) is 4.90 Å². The number of fused-ring (bicyclic) bond motifs is 1. The summed E-state index contributed by atoms with van der Waals surface area (Å²) < 4.78 is 23.2. The Morgan fingerprint density at radius 3 is 2.72 bits per heavy atom. The molecule has 1 aromatic carbocycles.